The van der Waals surface area contributed by atoms with Crippen molar-refractivity contribution in [3.8, 4) is 11.1 Å². The molecule has 0 radical (unpaired) electrons. The fraction of sp³-hybridized carbons (Fsp3) is 0.500. The van der Waals surface area contributed by atoms with E-state index < -0.39 is 5.92 Å². The number of aromatic nitrogens is 2. The molecule has 1 aromatic carbocycles. The summed E-state index contributed by atoms with van der Waals surface area (Å²) >= 11 is 0. The van der Waals surface area contributed by atoms with Gasteiger partial charge in [-0.15, -0.1) is 0 Å². The van der Waals surface area contributed by atoms with E-state index in [1.165, 1.54) is 0 Å². The van der Waals surface area contributed by atoms with E-state index >= 15 is 0 Å². The van der Waals surface area contributed by atoms with E-state index in [2.05, 4.69) is 27.5 Å². The predicted molar refractivity (Wildman–Crippen MR) is 108 cm³/mol. The largest absolute Gasteiger partial charge is 0.348 e. The number of nitrogens with one attached hydrogen (secondary N) is 1. The van der Waals surface area contributed by atoms with Crippen LogP contribution in [-0.4, -0.2) is 39.9 Å². The van der Waals surface area contributed by atoms with Crippen LogP contribution >= 0.6 is 0 Å². The van der Waals surface area contributed by atoms with Crippen LogP contribution in [-0.2, 0) is 17.8 Å². The molecule has 154 valence electrons. The fourth-order valence-electron chi connectivity index (χ4n) is 4.06. The van der Waals surface area contributed by atoms with Crippen LogP contribution in [0.1, 0.15) is 50.2 Å². The fourth-order valence-corrected chi connectivity index (χ4v) is 4.06. The lowest BCUT2D eigenvalue weighted by Gasteiger charge is -2.29. The van der Waals surface area contributed by atoms with Gasteiger partial charge in [0.2, 0.25) is 5.92 Å². The molecule has 0 unspecified atom stereocenters. The number of nitrogens with zero attached hydrogens (tertiary/aromatic N) is 3. The molecule has 1 fully saturated rings. The molecule has 2 aromatic rings. The molecule has 7 heteroatoms. The van der Waals surface area contributed by atoms with Gasteiger partial charge in [0.15, 0.2) is 0 Å². The third-order valence-corrected chi connectivity index (χ3v) is 5.80. The van der Waals surface area contributed by atoms with Crippen LogP contribution in [0.3, 0.4) is 0 Å². The normalized spacial score (nSPS) is 19.2. The number of aliphatic imine (C=N–C) groups is 1. The molecule has 29 heavy (non-hydrogen) atoms. The Morgan fingerprint density at radius 3 is 2.79 bits per heavy atom. The standard InChI is InChI=1S/C22H26F2N4O/c1-2-28-14-17(13-26-28)16-6-5-15-4-3-11-25-20(19(15)12-16)21(29)27-18-7-9-22(23,24)10-8-18/h5-6,12-14,18H,2-4,7-11H2,1H3,(H,27,29). The number of halogens is 2. The van der Waals surface area contributed by atoms with Gasteiger partial charge in [-0.1, -0.05) is 12.1 Å². The summed E-state index contributed by atoms with van der Waals surface area (Å²) in [7, 11) is 0. The lowest BCUT2D eigenvalue weighted by molar-refractivity contribution is -0.116. The highest BCUT2D eigenvalue weighted by atomic mass is 19.3. The number of fused-ring (bicyclic) bond motifs is 1. The van der Waals surface area contributed by atoms with Gasteiger partial charge >= 0.3 is 0 Å². The average molecular weight is 400 g/mol. The molecule has 1 amide bonds. The number of carbonyl (C=O) groups excluding carboxylic acids is 1. The zero-order valence-electron chi connectivity index (χ0n) is 16.6. The molecule has 4 rings (SSSR count). The average Bonchev–Trinajstić information content (AvgIpc) is 3.09. The second-order valence-electron chi connectivity index (χ2n) is 7.89. The summed E-state index contributed by atoms with van der Waals surface area (Å²) in [6.45, 7) is 3.41. The first-order chi connectivity index (χ1) is 13.9. The van der Waals surface area contributed by atoms with Gasteiger partial charge in [-0.25, -0.2) is 8.78 Å². The zero-order valence-corrected chi connectivity index (χ0v) is 16.6. The smallest absolute Gasteiger partial charge is 0.270 e. The third-order valence-electron chi connectivity index (χ3n) is 5.80. The van der Waals surface area contributed by atoms with Crippen molar-refractivity contribution in [1.82, 2.24) is 15.1 Å². The minimum Gasteiger partial charge on any atom is -0.348 e. The summed E-state index contributed by atoms with van der Waals surface area (Å²) in [4.78, 5) is 17.5. The molecule has 1 N–H and O–H groups in total. The van der Waals surface area contributed by atoms with Gasteiger partial charge < -0.3 is 5.32 Å². The molecule has 0 atom stereocenters. The van der Waals surface area contributed by atoms with Crippen LogP contribution in [0.25, 0.3) is 11.1 Å². The monoisotopic (exact) mass is 400 g/mol. The number of hydrogen-bond donors (Lipinski definition) is 1. The van der Waals surface area contributed by atoms with Crippen molar-refractivity contribution < 1.29 is 13.6 Å². The van der Waals surface area contributed by atoms with Gasteiger partial charge in [0.05, 0.1) is 6.20 Å². The van der Waals surface area contributed by atoms with Crippen molar-refractivity contribution >= 4 is 11.6 Å². The number of carbonyl (C=O) groups is 1. The van der Waals surface area contributed by atoms with Crippen molar-refractivity contribution in [3.63, 3.8) is 0 Å². The van der Waals surface area contributed by atoms with Crippen molar-refractivity contribution in [3.05, 3.63) is 41.7 Å². The predicted octanol–water partition coefficient (Wildman–Crippen LogP) is 4.00. The third kappa shape index (κ3) is 4.38. The molecule has 0 spiro atoms. The van der Waals surface area contributed by atoms with Crippen LogP contribution in [0, 0.1) is 0 Å². The topological polar surface area (TPSA) is 59.3 Å². The summed E-state index contributed by atoms with van der Waals surface area (Å²) in [6, 6.07) is 5.90. The maximum atomic E-state index is 13.4. The Hall–Kier alpha value is -2.57. The van der Waals surface area contributed by atoms with Gasteiger partial charge in [-0.2, -0.15) is 5.10 Å². The molecule has 1 aliphatic carbocycles. The van der Waals surface area contributed by atoms with Gasteiger partial charge in [-0.3, -0.25) is 14.5 Å². The van der Waals surface area contributed by atoms with Gasteiger partial charge in [-0.05, 0) is 49.8 Å². The summed E-state index contributed by atoms with van der Waals surface area (Å²) in [5, 5.41) is 7.28. The highest BCUT2D eigenvalue weighted by molar-refractivity contribution is 6.45. The number of rotatable bonds is 4. The van der Waals surface area contributed by atoms with Gasteiger partial charge in [0.25, 0.3) is 5.91 Å². The zero-order chi connectivity index (χ0) is 20.4. The van der Waals surface area contributed by atoms with Crippen molar-refractivity contribution in [2.75, 3.05) is 6.54 Å². The lowest BCUT2D eigenvalue weighted by atomic mass is 9.91. The molecule has 1 aromatic heterocycles. The van der Waals surface area contributed by atoms with E-state index in [1.54, 1.807) is 0 Å². The molecular weight excluding hydrogens is 374 g/mol. The number of benzene rings is 1. The number of alkyl halides is 2. The summed E-state index contributed by atoms with van der Waals surface area (Å²) in [6.07, 6.45) is 5.80. The molecule has 5 nitrogen and oxygen atoms in total. The van der Waals surface area contributed by atoms with Crippen LogP contribution in [0.4, 0.5) is 8.78 Å². The van der Waals surface area contributed by atoms with E-state index in [0.717, 1.165) is 41.6 Å². The van der Waals surface area contributed by atoms with E-state index in [4.69, 9.17) is 0 Å². The number of hydrogen-bond acceptors (Lipinski definition) is 3. The molecule has 1 saturated carbocycles. The van der Waals surface area contributed by atoms with E-state index in [1.807, 2.05) is 30.1 Å². The number of amides is 1. The highest BCUT2D eigenvalue weighted by Gasteiger charge is 2.36. The highest BCUT2D eigenvalue weighted by Crippen LogP contribution is 2.33. The Morgan fingerprint density at radius 2 is 2.07 bits per heavy atom. The summed E-state index contributed by atoms with van der Waals surface area (Å²) in [5.74, 6) is -2.87. The SMILES string of the molecule is CCn1cc(-c2ccc3c(c2)C(C(=O)NC2CCC(F)(F)CC2)=NCCC3)cn1. The van der Waals surface area contributed by atoms with Crippen molar-refractivity contribution in [2.24, 2.45) is 4.99 Å². The second kappa shape index (κ2) is 8.05. The van der Waals surface area contributed by atoms with Crippen LogP contribution in [0.15, 0.2) is 35.6 Å². The molecule has 0 saturated heterocycles. The quantitative estimate of drug-likeness (QED) is 0.843. The Balaban J connectivity index is 1.58. The molecule has 2 heterocycles. The molecule has 2 aliphatic rings. The summed E-state index contributed by atoms with van der Waals surface area (Å²) < 4.78 is 28.7. The van der Waals surface area contributed by atoms with Crippen LogP contribution in [0.5, 0.6) is 0 Å². The van der Waals surface area contributed by atoms with E-state index in [-0.39, 0.29) is 24.8 Å². The first-order valence-electron chi connectivity index (χ1n) is 10.3. The summed E-state index contributed by atoms with van der Waals surface area (Å²) in [5.41, 5.74) is 4.33. The Morgan fingerprint density at radius 1 is 1.28 bits per heavy atom. The lowest BCUT2D eigenvalue weighted by Crippen LogP contribution is -2.43. The Labute approximate surface area is 169 Å². The van der Waals surface area contributed by atoms with Gasteiger partial charge in [0.1, 0.15) is 5.71 Å². The van der Waals surface area contributed by atoms with Crippen LogP contribution in [0.2, 0.25) is 0 Å². The van der Waals surface area contributed by atoms with Crippen molar-refractivity contribution in [2.45, 2.75) is 64.0 Å². The molecular formula is C22H26F2N4O. The molecule has 1 aliphatic heterocycles. The molecule has 0 bridgehead atoms. The first-order valence-corrected chi connectivity index (χ1v) is 10.3. The van der Waals surface area contributed by atoms with Gasteiger partial charge in [0, 0.05) is 49.3 Å². The van der Waals surface area contributed by atoms with E-state index in [9.17, 15) is 13.6 Å². The maximum absolute atomic E-state index is 13.4. The first kappa shape index (κ1) is 19.7. The van der Waals surface area contributed by atoms with E-state index in [0.29, 0.717) is 25.1 Å². The number of aryl methyl sites for hydroxylation is 2. The second-order valence-corrected chi connectivity index (χ2v) is 7.89. The minimum atomic E-state index is -2.61. The minimum absolute atomic E-state index is 0.174. The van der Waals surface area contributed by atoms with Crippen molar-refractivity contribution in [1.29, 1.82) is 0 Å². The Bertz CT molecular complexity index is 925. The maximum Gasteiger partial charge on any atom is 0.270 e. The Kier molecular flexibility index (Phi) is 5.48. The van der Waals surface area contributed by atoms with Crippen LogP contribution < -0.4 is 5.32 Å².